The second-order valence-electron chi connectivity index (χ2n) is 6.75. The molecule has 0 saturated heterocycles. The SMILES string of the molecule is CC1(C)c2cccc(Cl)c2-c2c1ccc1c2sc2ccccc21. The van der Waals surface area contributed by atoms with Gasteiger partial charge in [0.15, 0.2) is 0 Å². The molecule has 0 spiro atoms. The fraction of sp³-hybridized carbons (Fsp3) is 0.143. The van der Waals surface area contributed by atoms with E-state index >= 15 is 0 Å². The van der Waals surface area contributed by atoms with Crippen LogP contribution in [0.3, 0.4) is 0 Å². The first kappa shape index (κ1) is 13.6. The molecule has 0 unspecified atom stereocenters. The average molecular weight is 335 g/mol. The molecule has 0 saturated carbocycles. The summed E-state index contributed by atoms with van der Waals surface area (Å²) in [5.41, 5.74) is 5.30. The Hall–Kier alpha value is -1.83. The molecular weight excluding hydrogens is 320 g/mol. The molecule has 0 fully saturated rings. The van der Waals surface area contributed by atoms with Crippen LogP contribution in [0.1, 0.15) is 25.0 Å². The van der Waals surface area contributed by atoms with E-state index in [-0.39, 0.29) is 5.41 Å². The van der Waals surface area contributed by atoms with Crippen LogP contribution in [-0.4, -0.2) is 0 Å². The topological polar surface area (TPSA) is 0 Å². The number of fused-ring (bicyclic) bond motifs is 7. The van der Waals surface area contributed by atoms with Crippen LogP contribution >= 0.6 is 22.9 Å². The Morgan fingerprint density at radius 2 is 1.57 bits per heavy atom. The van der Waals surface area contributed by atoms with Crippen LogP contribution in [0.25, 0.3) is 31.3 Å². The lowest BCUT2D eigenvalue weighted by Crippen LogP contribution is -2.14. The summed E-state index contributed by atoms with van der Waals surface area (Å²) in [7, 11) is 0. The largest absolute Gasteiger partial charge is 0.135 e. The van der Waals surface area contributed by atoms with E-state index in [9.17, 15) is 0 Å². The Kier molecular flexibility index (Phi) is 2.58. The fourth-order valence-electron chi connectivity index (χ4n) is 4.00. The summed E-state index contributed by atoms with van der Waals surface area (Å²) < 4.78 is 2.71. The van der Waals surface area contributed by atoms with Crippen molar-refractivity contribution in [1.82, 2.24) is 0 Å². The third-order valence-electron chi connectivity index (χ3n) is 5.16. The molecule has 2 heteroatoms. The van der Waals surface area contributed by atoms with Gasteiger partial charge in [-0.15, -0.1) is 11.3 Å². The lowest BCUT2D eigenvalue weighted by Gasteiger charge is -2.21. The molecule has 112 valence electrons. The second-order valence-corrected chi connectivity index (χ2v) is 8.21. The van der Waals surface area contributed by atoms with Gasteiger partial charge in [-0.1, -0.05) is 67.9 Å². The summed E-state index contributed by atoms with van der Waals surface area (Å²) in [6.07, 6.45) is 0. The molecule has 1 heterocycles. The molecule has 3 aromatic carbocycles. The molecular formula is C21H15ClS. The Morgan fingerprint density at radius 1 is 0.783 bits per heavy atom. The zero-order valence-electron chi connectivity index (χ0n) is 13.0. The first-order chi connectivity index (χ1) is 11.1. The van der Waals surface area contributed by atoms with Crippen LogP contribution in [0, 0.1) is 0 Å². The highest BCUT2D eigenvalue weighted by Crippen LogP contribution is 2.55. The maximum Gasteiger partial charge on any atom is 0.0488 e. The molecule has 0 amide bonds. The molecule has 4 aromatic rings. The van der Waals surface area contributed by atoms with Crippen LogP contribution in [0.5, 0.6) is 0 Å². The van der Waals surface area contributed by atoms with Crippen molar-refractivity contribution in [1.29, 1.82) is 0 Å². The minimum absolute atomic E-state index is 0.0000683. The van der Waals surface area contributed by atoms with Gasteiger partial charge in [0.25, 0.3) is 0 Å². The second kappa shape index (κ2) is 4.37. The maximum absolute atomic E-state index is 6.63. The van der Waals surface area contributed by atoms with E-state index in [1.807, 2.05) is 17.4 Å². The summed E-state index contributed by atoms with van der Waals surface area (Å²) in [4.78, 5) is 0. The average Bonchev–Trinajstić information content (AvgIpc) is 3.02. The van der Waals surface area contributed by atoms with Gasteiger partial charge in [0.05, 0.1) is 0 Å². The predicted octanol–water partition coefficient (Wildman–Crippen LogP) is 7.01. The van der Waals surface area contributed by atoms with E-state index in [1.54, 1.807) is 0 Å². The van der Waals surface area contributed by atoms with Gasteiger partial charge in [-0.2, -0.15) is 0 Å². The van der Waals surface area contributed by atoms with Crippen LogP contribution in [-0.2, 0) is 5.41 Å². The summed E-state index contributed by atoms with van der Waals surface area (Å²) in [6, 6.07) is 19.5. The molecule has 23 heavy (non-hydrogen) atoms. The highest BCUT2D eigenvalue weighted by atomic mass is 35.5. The summed E-state index contributed by atoms with van der Waals surface area (Å²) >= 11 is 8.51. The number of hydrogen-bond donors (Lipinski definition) is 0. The van der Waals surface area contributed by atoms with Crippen molar-refractivity contribution < 1.29 is 0 Å². The van der Waals surface area contributed by atoms with Gasteiger partial charge in [-0.3, -0.25) is 0 Å². The number of thiophene rings is 1. The van der Waals surface area contributed by atoms with Crippen molar-refractivity contribution in [2.24, 2.45) is 0 Å². The molecule has 0 atom stereocenters. The maximum atomic E-state index is 6.63. The van der Waals surface area contributed by atoms with Crippen molar-refractivity contribution in [2.45, 2.75) is 19.3 Å². The first-order valence-corrected chi connectivity index (χ1v) is 9.02. The van der Waals surface area contributed by atoms with Crippen LogP contribution in [0.4, 0.5) is 0 Å². The van der Waals surface area contributed by atoms with Gasteiger partial charge < -0.3 is 0 Å². The zero-order valence-corrected chi connectivity index (χ0v) is 14.6. The van der Waals surface area contributed by atoms with Gasteiger partial charge >= 0.3 is 0 Å². The summed E-state index contributed by atoms with van der Waals surface area (Å²) in [6.45, 7) is 4.60. The lowest BCUT2D eigenvalue weighted by atomic mass is 9.82. The van der Waals surface area contributed by atoms with Gasteiger partial charge in [0, 0.05) is 41.7 Å². The molecule has 0 aliphatic heterocycles. The van der Waals surface area contributed by atoms with Gasteiger partial charge in [0.2, 0.25) is 0 Å². The van der Waals surface area contributed by atoms with Gasteiger partial charge in [-0.25, -0.2) is 0 Å². The number of hydrogen-bond acceptors (Lipinski definition) is 1. The molecule has 5 rings (SSSR count). The summed E-state index contributed by atoms with van der Waals surface area (Å²) in [5.74, 6) is 0. The normalized spacial score (nSPS) is 15.1. The van der Waals surface area contributed by atoms with Crippen molar-refractivity contribution in [3.63, 3.8) is 0 Å². The molecule has 1 aliphatic rings. The minimum Gasteiger partial charge on any atom is -0.135 e. The fourth-order valence-corrected chi connectivity index (χ4v) is 5.53. The van der Waals surface area contributed by atoms with Gasteiger partial charge in [0.1, 0.15) is 0 Å². The van der Waals surface area contributed by atoms with Crippen molar-refractivity contribution >= 4 is 43.1 Å². The number of halogens is 1. The Balaban J connectivity index is 2.03. The number of rotatable bonds is 0. The Morgan fingerprint density at radius 3 is 2.43 bits per heavy atom. The third-order valence-corrected chi connectivity index (χ3v) is 6.68. The zero-order chi connectivity index (χ0) is 15.8. The van der Waals surface area contributed by atoms with Crippen molar-refractivity contribution in [3.05, 3.63) is 70.7 Å². The number of benzene rings is 3. The standard InChI is InChI=1S/C21H15ClS/c1-21(2)14-7-5-8-16(22)18(14)19-15(21)11-10-13-12-6-3-4-9-17(12)23-20(13)19/h3-11H,1-2H3. The molecule has 0 N–H and O–H groups in total. The van der Waals surface area contributed by atoms with E-state index in [2.05, 4.69) is 62.4 Å². The van der Waals surface area contributed by atoms with Crippen molar-refractivity contribution in [3.8, 4) is 11.1 Å². The lowest BCUT2D eigenvalue weighted by molar-refractivity contribution is 0.661. The van der Waals surface area contributed by atoms with E-state index in [4.69, 9.17) is 11.6 Å². The quantitative estimate of drug-likeness (QED) is 0.324. The molecule has 0 radical (unpaired) electrons. The summed E-state index contributed by atoms with van der Waals surface area (Å²) in [5, 5.41) is 3.54. The van der Waals surface area contributed by atoms with Crippen LogP contribution in [0.15, 0.2) is 54.6 Å². The molecule has 1 aliphatic carbocycles. The molecule has 0 bridgehead atoms. The molecule has 1 aromatic heterocycles. The highest BCUT2D eigenvalue weighted by Gasteiger charge is 2.38. The van der Waals surface area contributed by atoms with Gasteiger partial charge in [-0.05, 0) is 23.3 Å². The van der Waals surface area contributed by atoms with E-state index in [1.165, 1.54) is 42.4 Å². The predicted molar refractivity (Wildman–Crippen MR) is 102 cm³/mol. The van der Waals surface area contributed by atoms with E-state index in [0.29, 0.717) is 0 Å². The highest BCUT2D eigenvalue weighted by molar-refractivity contribution is 7.26. The van der Waals surface area contributed by atoms with E-state index in [0.717, 1.165) is 5.02 Å². The van der Waals surface area contributed by atoms with E-state index < -0.39 is 0 Å². The van der Waals surface area contributed by atoms with Crippen LogP contribution in [0.2, 0.25) is 5.02 Å². The first-order valence-electron chi connectivity index (χ1n) is 7.83. The van der Waals surface area contributed by atoms with Crippen molar-refractivity contribution in [2.75, 3.05) is 0 Å². The smallest absolute Gasteiger partial charge is 0.0488 e. The Bertz CT molecular complexity index is 1100. The minimum atomic E-state index is -0.0000683. The monoisotopic (exact) mass is 334 g/mol. The van der Waals surface area contributed by atoms with Crippen LogP contribution < -0.4 is 0 Å². The third kappa shape index (κ3) is 1.62. The molecule has 0 nitrogen and oxygen atoms in total. The Labute approximate surface area is 144 Å².